The maximum absolute atomic E-state index is 13.1. The van der Waals surface area contributed by atoms with Gasteiger partial charge in [-0.05, 0) is 24.8 Å². The van der Waals surface area contributed by atoms with E-state index in [0.29, 0.717) is 5.56 Å². The molecule has 3 N–H and O–H groups in total. The average Bonchev–Trinajstić information content (AvgIpc) is 2.93. The summed E-state index contributed by atoms with van der Waals surface area (Å²) in [7, 11) is 0. The van der Waals surface area contributed by atoms with E-state index in [-0.39, 0.29) is 31.3 Å². The van der Waals surface area contributed by atoms with Crippen molar-refractivity contribution in [3.63, 3.8) is 0 Å². The van der Waals surface area contributed by atoms with E-state index in [1.807, 2.05) is 0 Å². The van der Waals surface area contributed by atoms with Crippen molar-refractivity contribution in [3.05, 3.63) is 35.9 Å². The lowest BCUT2D eigenvalue weighted by Crippen LogP contribution is -2.47. The molecule has 1 saturated carbocycles. The number of urea groups is 1. The van der Waals surface area contributed by atoms with Crippen LogP contribution in [0.3, 0.4) is 0 Å². The van der Waals surface area contributed by atoms with Crippen LogP contribution in [-0.4, -0.2) is 46.4 Å². The summed E-state index contributed by atoms with van der Waals surface area (Å²) in [4.78, 5) is 50.0. The number of benzene rings is 1. The number of hydrogen-bond donors (Lipinski definition) is 3. The van der Waals surface area contributed by atoms with Crippen LogP contribution < -0.4 is 10.6 Å². The van der Waals surface area contributed by atoms with Crippen LogP contribution in [0.1, 0.15) is 50.5 Å². The smallest absolute Gasteiger partial charge is 0.325 e. The number of carboxylic acid groups (broad SMARTS) is 1. The van der Waals surface area contributed by atoms with Crippen molar-refractivity contribution in [3.8, 4) is 0 Å². The molecule has 1 heterocycles. The number of carbonyl (C=O) groups excluding carboxylic acids is 3. The highest BCUT2D eigenvalue weighted by atomic mass is 16.4. The SMILES string of the molecule is O=C(O)CCC1(c2ccccc2)NC(=O)N(CC(=O)NC2CCCCC2)C1=O. The van der Waals surface area contributed by atoms with E-state index in [1.165, 1.54) is 0 Å². The lowest BCUT2D eigenvalue weighted by Gasteiger charge is -2.27. The molecule has 1 unspecified atom stereocenters. The van der Waals surface area contributed by atoms with E-state index in [0.717, 1.165) is 37.0 Å². The minimum Gasteiger partial charge on any atom is -0.481 e. The second-order valence-electron chi connectivity index (χ2n) is 7.39. The summed E-state index contributed by atoms with van der Waals surface area (Å²) in [6, 6.07) is 7.94. The Balaban J connectivity index is 1.76. The molecule has 0 radical (unpaired) electrons. The third-order valence-electron chi connectivity index (χ3n) is 5.43. The Hall–Kier alpha value is -2.90. The van der Waals surface area contributed by atoms with Gasteiger partial charge in [0.2, 0.25) is 5.91 Å². The first kappa shape index (κ1) is 19.9. The molecule has 1 saturated heterocycles. The van der Waals surface area contributed by atoms with Crippen LogP contribution in [0.4, 0.5) is 4.79 Å². The second-order valence-corrected chi connectivity index (χ2v) is 7.39. The second kappa shape index (κ2) is 8.41. The number of hydrogen-bond acceptors (Lipinski definition) is 4. The molecular formula is C20H25N3O5. The van der Waals surface area contributed by atoms with Crippen LogP contribution in [0, 0.1) is 0 Å². The monoisotopic (exact) mass is 387 g/mol. The van der Waals surface area contributed by atoms with Crippen LogP contribution >= 0.6 is 0 Å². The van der Waals surface area contributed by atoms with Crippen molar-refractivity contribution in [2.45, 2.75) is 56.5 Å². The lowest BCUT2D eigenvalue weighted by molar-refractivity contribution is -0.139. The molecule has 0 spiro atoms. The number of carbonyl (C=O) groups is 4. The van der Waals surface area contributed by atoms with Crippen molar-refractivity contribution in [2.75, 3.05) is 6.54 Å². The first-order valence-corrected chi connectivity index (χ1v) is 9.63. The number of nitrogens with one attached hydrogen (secondary N) is 2. The highest BCUT2D eigenvalue weighted by molar-refractivity contribution is 6.09. The summed E-state index contributed by atoms with van der Waals surface area (Å²) < 4.78 is 0. The molecule has 3 rings (SSSR count). The van der Waals surface area contributed by atoms with Crippen molar-refractivity contribution in [1.82, 2.24) is 15.5 Å². The molecule has 2 aliphatic rings. The van der Waals surface area contributed by atoms with Gasteiger partial charge in [-0.2, -0.15) is 0 Å². The van der Waals surface area contributed by atoms with E-state index < -0.39 is 23.4 Å². The largest absolute Gasteiger partial charge is 0.481 e. The van der Waals surface area contributed by atoms with E-state index >= 15 is 0 Å². The number of carboxylic acids is 1. The normalized spacial score (nSPS) is 22.8. The Labute approximate surface area is 163 Å². The fraction of sp³-hybridized carbons (Fsp3) is 0.500. The van der Waals surface area contributed by atoms with Crippen LogP contribution in [0.15, 0.2) is 30.3 Å². The van der Waals surface area contributed by atoms with Gasteiger partial charge in [-0.15, -0.1) is 0 Å². The molecule has 28 heavy (non-hydrogen) atoms. The molecule has 0 aromatic heterocycles. The molecule has 2 fully saturated rings. The molecule has 1 aromatic rings. The summed E-state index contributed by atoms with van der Waals surface area (Å²) in [5, 5.41) is 14.6. The number of imide groups is 1. The van der Waals surface area contributed by atoms with Gasteiger partial charge in [0.15, 0.2) is 0 Å². The summed E-state index contributed by atoms with van der Waals surface area (Å²) in [6.07, 6.45) is 4.70. The average molecular weight is 387 g/mol. The number of nitrogens with zero attached hydrogens (tertiary/aromatic N) is 1. The summed E-state index contributed by atoms with van der Waals surface area (Å²) in [6.45, 7) is -0.372. The van der Waals surface area contributed by atoms with Crippen molar-refractivity contribution >= 4 is 23.8 Å². The minimum absolute atomic E-state index is 0.0768. The molecule has 1 aromatic carbocycles. The van der Waals surface area contributed by atoms with Crippen LogP contribution in [-0.2, 0) is 19.9 Å². The molecule has 8 nitrogen and oxygen atoms in total. The maximum atomic E-state index is 13.1. The first-order chi connectivity index (χ1) is 13.4. The molecule has 4 amide bonds. The number of amides is 4. The van der Waals surface area contributed by atoms with Gasteiger partial charge in [-0.1, -0.05) is 49.6 Å². The van der Waals surface area contributed by atoms with Gasteiger partial charge in [0, 0.05) is 12.5 Å². The van der Waals surface area contributed by atoms with Gasteiger partial charge in [0.05, 0.1) is 0 Å². The molecule has 8 heteroatoms. The van der Waals surface area contributed by atoms with Gasteiger partial charge < -0.3 is 15.7 Å². The maximum Gasteiger partial charge on any atom is 0.325 e. The number of aliphatic carboxylic acids is 1. The minimum atomic E-state index is -1.47. The van der Waals surface area contributed by atoms with Gasteiger partial charge in [0.1, 0.15) is 12.1 Å². The van der Waals surface area contributed by atoms with E-state index in [9.17, 15) is 19.2 Å². The van der Waals surface area contributed by atoms with Gasteiger partial charge in [-0.3, -0.25) is 19.3 Å². The topological polar surface area (TPSA) is 116 Å². The van der Waals surface area contributed by atoms with Gasteiger partial charge in [0.25, 0.3) is 5.91 Å². The van der Waals surface area contributed by atoms with Crippen molar-refractivity contribution < 1.29 is 24.3 Å². The standard InChI is InChI=1S/C20H25N3O5/c24-16(21-15-9-5-2-6-10-15)13-23-18(27)20(22-19(23)28,12-11-17(25)26)14-7-3-1-4-8-14/h1,3-4,7-8,15H,2,5-6,9-13H2,(H,21,24)(H,22,28)(H,25,26). The fourth-order valence-electron chi connectivity index (χ4n) is 3.96. The molecule has 1 atom stereocenters. The predicted molar refractivity (Wildman–Crippen MR) is 100 cm³/mol. The van der Waals surface area contributed by atoms with E-state index in [2.05, 4.69) is 10.6 Å². The zero-order valence-corrected chi connectivity index (χ0v) is 15.6. The Morgan fingerprint density at radius 3 is 2.46 bits per heavy atom. The third-order valence-corrected chi connectivity index (χ3v) is 5.43. The molecular weight excluding hydrogens is 362 g/mol. The Kier molecular flexibility index (Phi) is 5.96. The predicted octanol–water partition coefficient (Wildman–Crippen LogP) is 1.75. The lowest BCUT2D eigenvalue weighted by atomic mass is 9.85. The summed E-state index contributed by atoms with van der Waals surface area (Å²) in [5.74, 6) is -2.04. The van der Waals surface area contributed by atoms with Crippen LogP contribution in [0.25, 0.3) is 0 Å². The van der Waals surface area contributed by atoms with Crippen LogP contribution in [0.5, 0.6) is 0 Å². The molecule has 150 valence electrons. The van der Waals surface area contributed by atoms with Gasteiger partial charge in [-0.25, -0.2) is 4.79 Å². The fourth-order valence-corrected chi connectivity index (χ4v) is 3.96. The zero-order valence-electron chi connectivity index (χ0n) is 15.6. The highest BCUT2D eigenvalue weighted by Crippen LogP contribution is 2.33. The first-order valence-electron chi connectivity index (χ1n) is 9.63. The van der Waals surface area contributed by atoms with E-state index in [1.54, 1.807) is 30.3 Å². The van der Waals surface area contributed by atoms with Crippen LogP contribution in [0.2, 0.25) is 0 Å². The van der Waals surface area contributed by atoms with Crippen molar-refractivity contribution in [2.24, 2.45) is 0 Å². The molecule has 1 aliphatic heterocycles. The summed E-state index contributed by atoms with van der Waals surface area (Å²) >= 11 is 0. The zero-order chi connectivity index (χ0) is 20.1. The third kappa shape index (κ3) is 4.16. The quantitative estimate of drug-likeness (QED) is 0.617. The Morgan fingerprint density at radius 1 is 1.14 bits per heavy atom. The molecule has 1 aliphatic carbocycles. The Morgan fingerprint density at radius 2 is 1.82 bits per heavy atom. The van der Waals surface area contributed by atoms with Gasteiger partial charge >= 0.3 is 12.0 Å². The van der Waals surface area contributed by atoms with Crippen molar-refractivity contribution in [1.29, 1.82) is 0 Å². The highest BCUT2D eigenvalue weighted by Gasteiger charge is 2.52. The Bertz CT molecular complexity index is 760. The van der Waals surface area contributed by atoms with E-state index in [4.69, 9.17) is 5.11 Å². The summed E-state index contributed by atoms with van der Waals surface area (Å²) in [5.41, 5.74) is -0.966. The molecule has 0 bridgehead atoms. The number of rotatable bonds is 7.